The molecule has 1 aromatic carbocycles. The van der Waals surface area contributed by atoms with E-state index in [4.69, 9.17) is 0 Å². The Morgan fingerprint density at radius 2 is 1.89 bits per heavy atom. The maximum atomic E-state index is 12.9. The molecule has 0 saturated carbocycles. The fraction of sp³-hybridized carbons (Fsp3) is 0.381. The topological polar surface area (TPSA) is 62.5 Å². The standard InChI is InChI=1S/C21H25N5O/c1-16-12-22-20-18(13-23-26(20)14-16)21(27)24-19-9-5-4-8-17(19)15-25-10-6-2-3-7-11-25/h4-5,8-9,12-14H,2-3,6-7,10-11,15H2,1H3,(H,24,27). The van der Waals surface area contributed by atoms with Gasteiger partial charge in [-0.25, -0.2) is 9.50 Å². The van der Waals surface area contributed by atoms with Crippen LogP contribution in [0, 0.1) is 6.92 Å². The second-order valence-electron chi connectivity index (χ2n) is 7.26. The van der Waals surface area contributed by atoms with E-state index in [0.29, 0.717) is 11.2 Å². The molecule has 0 atom stereocenters. The molecule has 1 saturated heterocycles. The molecule has 1 amide bonds. The van der Waals surface area contributed by atoms with Gasteiger partial charge in [-0.3, -0.25) is 9.69 Å². The highest BCUT2D eigenvalue weighted by Crippen LogP contribution is 2.21. The number of hydrogen-bond acceptors (Lipinski definition) is 4. The van der Waals surface area contributed by atoms with Crippen molar-refractivity contribution in [1.82, 2.24) is 19.5 Å². The molecule has 1 N–H and O–H groups in total. The molecule has 140 valence electrons. The molecule has 2 aromatic heterocycles. The lowest BCUT2D eigenvalue weighted by Gasteiger charge is -2.21. The molecule has 0 spiro atoms. The minimum Gasteiger partial charge on any atom is -0.322 e. The van der Waals surface area contributed by atoms with Gasteiger partial charge in [0, 0.05) is 24.6 Å². The summed E-state index contributed by atoms with van der Waals surface area (Å²) in [6.07, 6.45) is 10.3. The average molecular weight is 363 g/mol. The minimum atomic E-state index is -0.176. The molecule has 1 aliphatic rings. The molecule has 3 heterocycles. The first-order valence-corrected chi connectivity index (χ1v) is 9.62. The van der Waals surface area contributed by atoms with Crippen molar-refractivity contribution in [3.63, 3.8) is 0 Å². The SMILES string of the molecule is Cc1cnc2c(C(=O)Nc3ccccc3CN3CCCCCC3)cnn2c1. The molecule has 0 bridgehead atoms. The summed E-state index contributed by atoms with van der Waals surface area (Å²) in [5.74, 6) is -0.176. The van der Waals surface area contributed by atoms with E-state index in [-0.39, 0.29) is 5.91 Å². The van der Waals surface area contributed by atoms with E-state index in [9.17, 15) is 4.79 Å². The number of rotatable bonds is 4. The van der Waals surface area contributed by atoms with E-state index in [2.05, 4.69) is 26.4 Å². The minimum absolute atomic E-state index is 0.176. The molecule has 4 rings (SSSR count). The monoisotopic (exact) mass is 363 g/mol. The van der Waals surface area contributed by atoms with Gasteiger partial charge in [0.25, 0.3) is 5.91 Å². The summed E-state index contributed by atoms with van der Waals surface area (Å²) in [6, 6.07) is 8.05. The number of anilines is 1. The van der Waals surface area contributed by atoms with Gasteiger partial charge < -0.3 is 5.32 Å². The van der Waals surface area contributed by atoms with Gasteiger partial charge in [-0.1, -0.05) is 31.0 Å². The van der Waals surface area contributed by atoms with Gasteiger partial charge in [-0.2, -0.15) is 5.10 Å². The summed E-state index contributed by atoms with van der Waals surface area (Å²) in [6.45, 7) is 5.06. The van der Waals surface area contributed by atoms with E-state index >= 15 is 0 Å². The molecule has 1 aliphatic heterocycles. The van der Waals surface area contributed by atoms with Crippen LogP contribution in [0.1, 0.15) is 47.2 Å². The van der Waals surface area contributed by atoms with E-state index in [1.165, 1.54) is 25.7 Å². The predicted octanol–water partition coefficient (Wildman–Crippen LogP) is 3.67. The van der Waals surface area contributed by atoms with Gasteiger partial charge in [0.2, 0.25) is 0 Å². The van der Waals surface area contributed by atoms with Crippen molar-refractivity contribution >= 4 is 17.2 Å². The third-order valence-corrected chi connectivity index (χ3v) is 5.09. The number of hydrogen-bond donors (Lipinski definition) is 1. The zero-order chi connectivity index (χ0) is 18.6. The second-order valence-corrected chi connectivity index (χ2v) is 7.26. The highest BCUT2D eigenvalue weighted by Gasteiger charge is 2.17. The van der Waals surface area contributed by atoms with E-state index in [1.54, 1.807) is 16.9 Å². The number of likely N-dealkylation sites (tertiary alicyclic amines) is 1. The number of benzene rings is 1. The van der Waals surface area contributed by atoms with Crippen LogP contribution < -0.4 is 5.32 Å². The lowest BCUT2D eigenvalue weighted by atomic mass is 10.1. The number of fused-ring (bicyclic) bond motifs is 1. The zero-order valence-corrected chi connectivity index (χ0v) is 15.7. The Labute approximate surface area is 159 Å². The Kier molecular flexibility index (Phi) is 5.16. The largest absolute Gasteiger partial charge is 0.322 e. The van der Waals surface area contributed by atoms with Crippen LogP contribution in [-0.2, 0) is 6.54 Å². The molecule has 1 fully saturated rings. The Bertz CT molecular complexity index is 941. The zero-order valence-electron chi connectivity index (χ0n) is 15.7. The van der Waals surface area contributed by atoms with Crippen molar-refractivity contribution in [2.24, 2.45) is 0 Å². The molecule has 6 heteroatoms. The van der Waals surface area contributed by atoms with Gasteiger partial charge in [-0.05, 0) is 50.0 Å². The van der Waals surface area contributed by atoms with Crippen LogP contribution in [0.2, 0.25) is 0 Å². The van der Waals surface area contributed by atoms with Crippen LogP contribution in [-0.4, -0.2) is 38.5 Å². The smallest absolute Gasteiger partial charge is 0.261 e. The highest BCUT2D eigenvalue weighted by atomic mass is 16.1. The average Bonchev–Trinajstić information content (AvgIpc) is 2.91. The summed E-state index contributed by atoms with van der Waals surface area (Å²) >= 11 is 0. The van der Waals surface area contributed by atoms with Crippen molar-refractivity contribution in [2.45, 2.75) is 39.2 Å². The van der Waals surface area contributed by atoms with Crippen LogP contribution in [0.3, 0.4) is 0 Å². The Morgan fingerprint density at radius 1 is 1.11 bits per heavy atom. The van der Waals surface area contributed by atoms with Gasteiger partial charge in [0.05, 0.1) is 6.20 Å². The maximum absolute atomic E-state index is 12.9. The third kappa shape index (κ3) is 4.01. The highest BCUT2D eigenvalue weighted by molar-refractivity contribution is 6.08. The number of amides is 1. The van der Waals surface area contributed by atoms with Crippen LogP contribution in [0.4, 0.5) is 5.69 Å². The molecule has 6 nitrogen and oxygen atoms in total. The van der Waals surface area contributed by atoms with Crippen LogP contribution >= 0.6 is 0 Å². The molecule has 0 aliphatic carbocycles. The van der Waals surface area contributed by atoms with Gasteiger partial charge >= 0.3 is 0 Å². The number of carbonyl (C=O) groups is 1. The first-order valence-electron chi connectivity index (χ1n) is 9.62. The normalized spacial score (nSPS) is 15.6. The molecule has 0 unspecified atom stereocenters. The van der Waals surface area contributed by atoms with Crippen LogP contribution in [0.15, 0.2) is 42.9 Å². The first-order chi connectivity index (χ1) is 13.2. The number of para-hydroxylation sites is 1. The molecule has 27 heavy (non-hydrogen) atoms. The lowest BCUT2D eigenvalue weighted by molar-refractivity contribution is 0.102. The summed E-state index contributed by atoms with van der Waals surface area (Å²) in [4.78, 5) is 19.7. The fourth-order valence-electron chi connectivity index (χ4n) is 3.63. The Morgan fingerprint density at radius 3 is 2.70 bits per heavy atom. The van der Waals surface area contributed by atoms with Gasteiger partial charge in [-0.15, -0.1) is 0 Å². The van der Waals surface area contributed by atoms with Crippen molar-refractivity contribution in [3.05, 3.63) is 59.5 Å². The van der Waals surface area contributed by atoms with Crippen molar-refractivity contribution in [1.29, 1.82) is 0 Å². The maximum Gasteiger partial charge on any atom is 0.261 e. The molecule has 3 aromatic rings. The number of carbonyl (C=O) groups excluding carboxylic acids is 1. The fourth-order valence-corrected chi connectivity index (χ4v) is 3.63. The van der Waals surface area contributed by atoms with Crippen molar-refractivity contribution < 1.29 is 4.79 Å². The van der Waals surface area contributed by atoms with E-state index in [0.717, 1.165) is 36.4 Å². The summed E-state index contributed by atoms with van der Waals surface area (Å²) in [5, 5.41) is 7.32. The molecular weight excluding hydrogens is 338 g/mol. The summed E-state index contributed by atoms with van der Waals surface area (Å²) in [5.41, 5.74) is 4.06. The third-order valence-electron chi connectivity index (χ3n) is 5.09. The van der Waals surface area contributed by atoms with Crippen LogP contribution in [0.25, 0.3) is 5.65 Å². The number of aryl methyl sites for hydroxylation is 1. The van der Waals surface area contributed by atoms with Crippen molar-refractivity contribution in [3.8, 4) is 0 Å². The van der Waals surface area contributed by atoms with E-state index < -0.39 is 0 Å². The molecular formula is C21H25N5O. The number of nitrogens with one attached hydrogen (secondary N) is 1. The van der Waals surface area contributed by atoms with Gasteiger partial charge in [0.15, 0.2) is 5.65 Å². The number of aromatic nitrogens is 3. The Balaban J connectivity index is 1.54. The van der Waals surface area contributed by atoms with E-state index in [1.807, 2.05) is 31.3 Å². The van der Waals surface area contributed by atoms with Gasteiger partial charge in [0.1, 0.15) is 5.56 Å². The van der Waals surface area contributed by atoms with Crippen molar-refractivity contribution in [2.75, 3.05) is 18.4 Å². The lowest BCUT2D eigenvalue weighted by Crippen LogP contribution is -2.25. The molecule has 0 radical (unpaired) electrons. The predicted molar refractivity (Wildman–Crippen MR) is 106 cm³/mol. The number of nitrogens with zero attached hydrogens (tertiary/aromatic N) is 4. The Hall–Kier alpha value is -2.73. The summed E-state index contributed by atoms with van der Waals surface area (Å²) < 4.78 is 1.65. The quantitative estimate of drug-likeness (QED) is 0.768. The first kappa shape index (κ1) is 17.7. The van der Waals surface area contributed by atoms with Crippen LogP contribution in [0.5, 0.6) is 0 Å². The summed E-state index contributed by atoms with van der Waals surface area (Å²) in [7, 11) is 0. The second kappa shape index (κ2) is 7.88.